The summed E-state index contributed by atoms with van der Waals surface area (Å²) in [5.74, 6) is -1.39. The Labute approximate surface area is 233 Å². The SMILES string of the molecule is Cc1ccccc1C(C/C(=N/O)c1ccc(=O)n(C)c1)c1ccc(N2CCC(C(=O)[O-])CC2)cc1.[Na+]. The van der Waals surface area contributed by atoms with Gasteiger partial charge in [-0.2, -0.15) is 0 Å². The van der Waals surface area contributed by atoms with E-state index in [1.807, 2.05) is 12.1 Å². The third-order valence-electron chi connectivity index (χ3n) is 6.99. The molecular weight excluding hydrogens is 465 g/mol. The fourth-order valence-electron chi connectivity index (χ4n) is 4.85. The molecule has 1 aliphatic heterocycles. The number of piperidine rings is 1. The molecule has 36 heavy (non-hydrogen) atoms. The van der Waals surface area contributed by atoms with Gasteiger partial charge in [0.2, 0.25) is 5.56 Å². The van der Waals surface area contributed by atoms with Crippen molar-refractivity contribution in [1.82, 2.24) is 4.57 Å². The number of aliphatic carboxylic acids is 1. The Balaban J connectivity index is 0.00000361. The number of benzene rings is 2. The molecule has 8 heteroatoms. The molecule has 4 rings (SSSR count). The van der Waals surface area contributed by atoms with Crippen molar-refractivity contribution in [3.8, 4) is 0 Å². The van der Waals surface area contributed by atoms with Crippen molar-refractivity contribution in [2.75, 3.05) is 18.0 Å². The van der Waals surface area contributed by atoms with Gasteiger partial charge in [-0.05, 0) is 54.7 Å². The van der Waals surface area contributed by atoms with Crippen LogP contribution >= 0.6 is 0 Å². The number of carboxylic acid groups (broad SMARTS) is 1. The maximum atomic E-state index is 11.8. The number of hydrogen-bond acceptors (Lipinski definition) is 6. The molecule has 1 N–H and O–H groups in total. The fraction of sp³-hybridized carbons (Fsp3) is 0.321. The molecule has 1 saturated heterocycles. The zero-order valence-corrected chi connectivity index (χ0v) is 23.1. The van der Waals surface area contributed by atoms with E-state index in [0.29, 0.717) is 43.6 Å². The predicted molar refractivity (Wildman–Crippen MR) is 134 cm³/mol. The first kappa shape index (κ1) is 27.7. The van der Waals surface area contributed by atoms with Crippen LogP contribution in [-0.4, -0.2) is 34.5 Å². The second-order valence-electron chi connectivity index (χ2n) is 9.20. The molecule has 1 aliphatic rings. The van der Waals surface area contributed by atoms with Gasteiger partial charge in [-0.25, -0.2) is 0 Å². The maximum absolute atomic E-state index is 11.8. The number of hydrogen-bond donors (Lipinski definition) is 1. The molecule has 0 radical (unpaired) electrons. The van der Waals surface area contributed by atoms with E-state index in [9.17, 15) is 19.9 Å². The van der Waals surface area contributed by atoms with E-state index >= 15 is 0 Å². The summed E-state index contributed by atoms with van der Waals surface area (Å²) in [7, 11) is 1.67. The number of nitrogens with zero attached hydrogens (tertiary/aromatic N) is 3. The third-order valence-corrected chi connectivity index (χ3v) is 6.99. The van der Waals surface area contributed by atoms with Gasteiger partial charge in [-0.1, -0.05) is 41.6 Å². The first-order valence-electron chi connectivity index (χ1n) is 11.9. The number of pyridine rings is 1. The smallest absolute Gasteiger partial charge is 0.550 e. The first-order valence-corrected chi connectivity index (χ1v) is 11.9. The Morgan fingerprint density at radius 2 is 1.75 bits per heavy atom. The van der Waals surface area contributed by atoms with Gasteiger partial charge in [0, 0.05) is 67.9 Å². The van der Waals surface area contributed by atoms with Crippen molar-refractivity contribution in [1.29, 1.82) is 0 Å². The average Bonchev–Trinajstić information content (AvgIpc) is 2.87. The van der Waals surface area contributed by atoms with Crippen LogP contribution < -0.4 is 45.1 Å². The van der Waals surface area contributed by atoms with Gasteiger partial charge < -0.3 is 24.6 Å². The molecule has 1 fully saturated rings. The topological polar surface area (TPSA) is 98.0 Å². The van der Waals surface area contributed by atoms with E-state index in [1.165, 1.54) is 10.6 Å². The summed E-state index contributed by atoms with van der Waals surface area (Å²) in [5.41, 5.74) is 5.50. The van der Waals surface area contributed by atoms with Crippen LogP contribution in [0.2, 0.25) is 0 Å². The van der Waals surface area contributed by atoms with Gasteiger partial charge >= 0.3 is 29.6 Å². The molecule has 2 aromatic carbocycles. The number of aromatic nitrogens is 1. The number of aryl methyl sites for hydroxylation is 2. The standard InChI is InChI=1S/C28H31N3O4.Na/c1-19-5-3-4-6-24(19)25(17-26(29-35)22-9-12-27(32)30(2)18-22)20-7-10-23(11-8-20)31-15-13-21(14-16-31)28(33)34;/h3-12,18,21,25,35H,13-17H2,1-2H3,(H,33,34);/q;+1/p-1/b29-26-;. The Morgan fingerprint density at radius 3 is 2.33 bits per heavy atom. The first-order chi connectivity index (χ1) is 16.9. The van der Waals surface area contributed by atoms with Gasteiger partial charge in [-0.3, -0.25) is 4.79 Å². The minimum atomic E-state index is -0.957. The summed E-state index contributed by atoms with van der Waals surface area (Å²) in [6.45, 7) is 3.45. The summed E-state index contributed by atoms with van der Waals surface area (Å²) in [6, 6.07) is 19.7. The van der Waals surface area contributed by atoms with Crippen LogP contribution in [0.4, 0.5) is 5.69 Å². The van der Waals surface area contributed by atoms with Crippen LogP contribution in [0.15, 0.2) is 76.8 Å². The number of carbonyl (C=O) groups is 1. The monoisotopic (exact) mass is 495 g/mol. The van der Waals surface area contributed by atoms with E-state index in [0.717, 1.165) is 22.4 Å². The van der Waals surface area contributed by atoms with E-state index < -0.39 is 5.97 Å². The van der Waals surface area contributed by atoms with Crippen LogP contribution in [0, 0.1) is 12.8 Å². The minimum Gasteiger partial charge on any atom is -0.550 e. The van der Waals surface area contributed by atoms with Gasteiger partial charge in [0.1, 0.15) is 0 Å². The Bertz CT molecular complexity index is 1280. The van der Waals surface area contributed by atoms with E-state index in [2.05, 4.69) is 53.4 Å². The molecule has 1 aromatic heterocycles. The fourth-order valence-corrected chi connectivity index (χ4v) is 4.85. The van der Waals surface area contributed by atoms with Crippen molar-refractivity contribution in [2.24, 2.45) is 18.1 Å². The third kappa shape index (κ3) is 6.27. The van der Waals surface area contributed by atoms with E-state index in [4.69, 9.17) is 0 Å². The predicted octanol–water partition coefficient (Wildman–Crippen LogP) is 0.0645. The summed E-state index contributed by atoms with van der Waals surface area (Å²) < 4.78 is 1.47. The Morgan fingerprint density at radius 1 is 1.08 bits per heavy atom. The molecule has 2 heterocycles. The number of carboxylic acids is 1. The van der Waals surface area contributed by atoms with Crippen molar-refractivity contribution >= 4 is 17.4 Å². The van der Waals surface area contributed by atoms with Crippen molar-refractivity contribution in [3.05, 3.63) is 99.5 Å². The average molecular weight is 496 g/mol. The summed E-state index contributed by atoms with van der Waals surface area (Å²) in [6.07, 6.45) is 3.32. The van der Waals surface area contributed by atoms with Crippen LogP contribution in [-0.2, 0) is 11.8 Å². The maximum Gasteiger partial charge on any atom is 1.00 e. The number of carbonyl (C=O) groups excluding carboxylic acids is 1. The van der Waals surface area contributed by atoms with Crippen LogP contribution in [0.25, 0.3) is 0 Å². The molecule has 0 amide bonds. The zero-order chi connectivity index (χ0) is 24.9. The van der Waals surface area contributed by atoms with Crippen LogP contribution in [0.1, 0.15) is 47.4 Å². The Hall–Kier alpha value is -2.87. The van der Waals surface area contributed by atoms with Crippen molar-refractivity contribution in [2.45, 2.75) is 32.1 Å². The van der Waals surface area contributed by atoms with Gasteiger partial charge in [0.15, 0.2) is 0 Å². The normalized spacial score (nSPS) is 15.3. The minimum absolute atomic E-state index is 0. The Kier molecular flexibility index (Phi) is 9.54. The van der Waals surface area contributed by atoms with E-state index in [-0.39, 0.29) is 47.0 Å². The second-order valence-corrected chi connectivity index (χ2v) is 9.20. The van der Waals surface area contributed by atoms with Crippen molar-refractivity contribution in [3.63, 3.8) is 0 Å². The summed E-state index contributed by atoms with van der Waals surface area (Å²) in [4.78, 5) is 25.2. The largest absolute Gasteiger partial charge is 1.00 e. The van der Waals surface area contributed by atoms with Gasteiger partial charge in [0.05, 0.1) is 5.71 Å². The molecular formula is C28H30N3NaO4. The molecule has 0 spiro atoms. The van der Waals surface area contributed by atoms with Crippen molar-refractivity contribution < 1.29 is 44.7 Å². The molecule has 182 valence electrons. The number of anilines is 1. The molecule has 3 aromatic rings. The van der Waals surface area contributed by atoms with Crippen LogP contribution in [0.3, 0.4) is 0 Å². The number of oxime groups is 1. The second kappa shape index (κ2) is 12.4. The van der Waals surface area contributed by atoms with E-state index in [1.54, 1.807) is 19.3 Å². The van der Waals surface area contributed by atoms with Gasteiger partial charge in [0.25, 0.3) is 0 Å². The number of rotatable bonds is 7. The van der Waals surface area contributed by atoms with Crippen LogP contribution in [0.5, 0.6) is 0 Å². The molecule has 0 aliphatic carbocycles. The molecule has 1 atom stereocenters. The molecule has 7 nitrogen and oxygen atoms in total. The molecule has 0 saturated carbocycles. The summed E-state index contributed by atoms with van der Waals surface area (Å²) >= 11 is 0. The zero-order valence-electron chi connectivity index (χ0n) is 21.1. The summed E-state index contributed by atoms with van der Waals surface area (Å²) in [5, 5.41) is 24.6. The van der Waals surface area contributed by atoms with Gasteiger partial charge in [-0.15, -0.1) is 0 Å². The quantitative estimate of drug-likeness (QED) is 0.217. The molecule has 1 unspecified atom stereocenters. The molecule has 0 bridgehead atoms.